The Bertz CT molecular complexity index is 933. The largest absolute Gasteiger partial charge is 0.294 e. The van der Waals surface area contributed by atoms with Crippen LogP contribution in [0.3, 0.4) is 0 Å². The molecule has 0 N–H and O–H groups in total. The van der Waals surface area contributed by atoms with E-state index in [0.717, 1.165) is 55.6 Å². The molecule has 2 aromatic rings. The topological polar surface area (TPSA) is 35.9 Å². The lowest BCUT2D eigenvalue weighted by molar-refractivity contribution is -0.135. The molecular weight excluding hydrogens is 365 g/mol. The summed E-state index contributed by atoms with van der Waals surface area (Å²) >= 11 is 0. The van der Waals surface area contributed by atoms with Gasteiger partial charge in [-0.15, -0.1) is 0 Å². The fourth-order valence-corrected chi connectivity index (χ4v) is 5.05. The molecule has 0 saturated carbocycles. The molecule has 1 fully saturated rings. The summed E-state index contributed by atoms with van der Waals surface area (Å²) in [6.45, 7) is 2.36. The van der Waals surface area contributed by atoms with Crippen LogP contribution in [-0.2, 0) is 11.2 Å². The fraction of sp³-hybridized carbons (Fsp3) is 0.417. The average molecular weight is 391 g/mol. The van der Waals surface area contributed by atoms with Crippen LogP contribution in [0.1, 0.15) is 48.4 Å². The molecular formula is C24H26FN3O. The number of halogens is 1. The normalized spacial score (nSPS) is 24.0. The van der Waals surface area contributed by atoms with Crippen molar-refractivity contribution in [3.63, 3.8) is 0 Å². The highest BCUT2D eigenvalue weighted by atomic mass is 19.1. The molecule has 5 rings (SSSR count). The van der Waals surface area contributed by atoms with Gasteiger partial charge in [0.1, 0.15) is 5.82 Å². The number of amides is 1. The highest BCUT2D eigenvalue weighted by molar-refractivity contribution is 6.06. The first-order valence-corrected chi connectivity index (χ1v) is 10.7. The summed E-state index contributed by atoms with van der Waals surface area (Å²) in [6.07, 6.45) is 5.48. The van der Waals surface area contributed by atoms with E-state index < -0.39 is 0 Å². The van der Waals surface area contributed by atoms with Gasteiger partial charge in [-0.2, -0.15) is 5.10 Å². The van der Waals surface area contributed by atoms with E-state index in [0.29, 0.717) is 6.54 Å². The second-order valence-corrected chi connectivity index (χ2v) is 8.36. The Kier molecular flexibility index (Phi) is 4.92. The van der Waals surface area contributed by atoms with Crippen LogP contribution in [0.5, 0.6) is 0 Å². The predicted octanol–water partition coefficient (Wildman–Crippen LogP) is 4.16. The number of carbonyl (C=O) groups is 1. The van der Waals surface area contributed by atoms with Crippen molar-refractivity contribution in [3.05, 3.63) is 71.0 Å². The summed E-state index contributed by atoms with van der Waals surface area (Å²) in [6, 6.07) is 14.8. The number of fused-ring (bicyclic) bond motifs is 3. The minimum absolute atomic E-state index is 0.0422. The van der Waals surface area contributed by atoms with Gasteiger partial charge in [-0.1, -0.05) is 42.8 Å². The van der Waals surface area contributed by atoms with Crippen LogP contribution in [0, 0.1) is 11.7 Å². The van der Waals surface area contributed by atoms with E-state index in [-0.39, 0.29) is 23.7 Å². The van der Waals surface area contributed by atoms with E-state index in [4.69, 9.17) is 5.10 Å². The van der Waals surface area contributed by atoms with E-state index in [2.05, 4.69) is 23.1 Å². The molecule has 2 aromatic carbocycles. The summed E-state index contributed by atoms with van der Waals surface area (Å²) in [4.78, 5) is 15.6. The van der Waals surface area contributed by atoms with E-state index in [1.165, 1.54) is 24.1 Å². The van der Waals surface area contributed by atoms with Crippen molar-refractivity contribution < 1.29 is 9.18 Å². The first-order chi connectivity index (χ1) is 14.2. The maximum Gasteiger partial charge on any atom is 0.257 e. The third-order valence-electron chi connectivity index (χ3n) is 6.50. The number of benzene rings is 2. The van der Waals surface area contributed by atoms with Gasteiger partial charge in [0, 0.05) is 11.5 Å². The van der Waals surface area contributed by atoms with Gasteiger partial charge in [-0.3, -0.25) is 9.69 Å². The number of hydrogen-bond acceptors (Lipinski definition) is 3. The smallest absolute Gasteiger partial charge is 0.257 e. The Hall–Kier alpha value is -2.53. The van der Waals surface area contributed by atoms with Crippen molar-refractivity contribution in [2.24, 2.45) is 11.0 Å². The van der Waals surface area contributed by atoms with Gasteiger partial charge in [-0.05, 0) is 62.0 Å². The second kappa shape index (κ2) is 7.71. The molecule has 150 valence electrons. The third-order valence-corrected chi connectivity index (χ3v) is 6.50. The molecule has 0 radical (unpaired) electrons. The lowest BCUT2D eigenvalue weighted by Gasteiger charge is -2.31. The zero-order chi connectivity index (χ0) is 19.8. The summed E-state index contributed by atoms with van der Waals surface area (Å²) in [5.74, 6) is -0.0608. The van der Waals surface area contributed by atoms with Crippen molar-refractivity contribution in [1.29, 1.82) is 0 Å². The SMILES string of the molecule is O=C(CN1CCCCC1)N1N=C2c3ccccc3CCC2C1c1ccc(F)cc1. The predicted molar refractivity (Wildman–Crippen MR) is 111 cm³/mol. The zero-order valence-electron chi connectivity index (χ0n) is 16.6. The highest BCUT2D eigenvalue weighted by Crippen LogP contribution is 2.43. The maximum absolute atomic E-state index is 13.6. The monoisotopic (exact) mass is 391 g/mol. The standard InChI is InChI=1S/C24H26FN3O/c25-19-11-8-18(9-12-19)24-21-13-10-17-6-2-3-7-20(17)23(21)26-28(24)22(29)16-27-14-4-1-5-15-27/h2-3,6-9,11-12,21,24H,1,4-5,10,13-16H2. The van der Waals surface area contributed by atoms with Gasteiger partial charge in [0.25, 0.3) is 5.91 Å². The molecule has 2 unspecified atom stereocenters. The van der Waals surface area contributed by atoms with E-state index in [1.807, 2.05) is 6.07 Å². The van der Waals surface area contributed by atoms with E-state index in [1.54, 1.807) is 17.1 Å². The van der Waals surface area contributed by atoms with Crippen molar-refractivity contribution in [1.82, 2.24) is 9.91 Å². The second-order valence-electron chi connectivity index (χ2n) is 8.36. The lowest BCUT2D eigenvalue weighted by Crippen LogP contribution is -2.41. The van der Waals surface area contributed by atoms with Crippen LogP contribution >= 0.6 is 0 Å². The number of carbonyl (C=O) groups excluding carboxylic acids is 1. The maximum atomic E-state index is 13.6. The van der Waals surface area contributed by atoms with Crippen molar-refractivity contribution >= 4 is 11.6 Å². The Balaban J connectivity index is 1.50. The number of aryl methyl sites for hydroxylation is 1. The first kappa shape index (κ1) is 18.5. The molecule has 2 heterocycles. The minimum Gasteiger partial charge on any atom is -0.294 e. The van der Waals surface area contributed by atoms with Gasteiger partial charge in [0.15, 0.2) is 0 Å². The molecule has 3 aliphatic rings. The number of hydrazone groups is 1. The Morgan fingerprint density at radius 3 is 2.59 bits per heavy atom. The fourth-order valence-electron chi connectivity index (χ4n) is 5.05. The molecule has 1 saturated heterocycles. The summed E-state index contributed by atoms with van der Waals surface area (Å²) in [7, 11) is 0. The first-order valence-electron chi connectivity index (χ1n) is 10.7. The number of likely N-dealkylation sites (tertiary alicyclic amines) is 1. The van der Waals surface area contributed by atoms with Crippen molar-refractivity contribution in [2.45, 2.75) is 38.1 Å². The Morgan fingerprint density at radius 2 is 1.79 bits per heavy atom. The van der Waals surface area contributed by atoms with Crippen LogP contribution in [-0.4, -0.2) is 41.2 Å². The van der Waals surface area contributed by atoms with Crippen LogP contribution in [0.15, 0.2) is 53.6 Å². The van der Waals surface area contributed by atoms with Gasteiger partial charge >= 0.3 is 0 Å². The van der Waals surface area contributed by atoms with E-state index >= 15 is 0 Å². The molecule has 4 nitrogen and oxygen atoms in total. The summed E-state index contributed by atoms with van der Waals surface area (Å²) in [5.41, 5.74) is 4.42. The van der Waals surface area contributed by atoms with Crippen LogP contribution in [0.25, 0.3) is 0 Å². The van der Waals surface area contributed by atoms with Gasteiger partial charge < -0.3 is 0 Å². The molecule has 2 atom stereocenters. The number of nitrogens with zero attached hydrogens (tertiary/aromatic N) is 3. The average Bonchev–Trinajstić information content (AvgIpc) is 3.15. The van der Waals surface area contributed by atoms with Crippen molar-refractivity contribution in [2.75, 3.05) is 19.6 Å². The Morgan fingerprint density at radius 1 is 1.03 bits per heavy atom. The summed E-state index contributed by atoms with van der Waals surface area (Å²) < 4.78 is 13.6. The molecule has 1 aliphatic carbocycles. The van der Waals surface area contributed by atoms with Crippen LogP contribution in [0.4, 0.5) is 4.39 Å². The molecule has 0 spiro atoms. The molecule has 2 aliphatic heterocycles. The molecule has 5 heteroatoms. The van der Waals surface area contributed by atoms with E-state index in [9.17, 15) is 9.18 Å². The summed E-state index contributed by atoms with van der Waals surface area (Å²) in [5, 5.41) is 6.58. The number of piperidine rings is 1. The van der Waals surface area contributed by atoms with Crippen LogP contribution in [0.2, 0.25) is 0 Å². The molecule has 0 bridgehead atoms. The van der Waals surface area contributed by atoms with Crippen LogP contribution < -0.4 is 0 Å². The van der Waals surface area contributed by atoms with Gasteiger partial charge in [-0.25, -0.2) is 9.40 Å². The van der Waals surface area contributed by atoms with Crippen molar-refractivity contribution in [3.8, 4) is 0 Å². The lowest BCUT2D eigenvalue weighted by atomic mass is 9.77. The van der Waals surface area contributed by atoms with Gasteiger partial charge in [0.05, 0.1) is 18.3 Å². The minimum atomic E-state index is -0.256. The molecule has 29 heavy (non-hydrogen) atoms. The quantitative estimate of drug-likeness (QED) is 0.788. The highest BCUT2D eigenvalue weighted by Gasteiger charge is 2.43. The number of rotatable bonds is 3. The molecule has 0 aromatic heterocycles. The molecule has 1 amide bonds. The zero-order valence-corrected chi connectivity index (χ0v) is 16.6. The third kappa shape index (κ3) is 3.48. The van der Waals surface area contributed by atoms with Gasteiger partial charge in [0.2, 0.25) is 0 Å². The number of hydrogen-bond donors (Lipinski definition) is 0. The Labute approximate surface area is 171 Å².